The number of piperidine rings is 3. The lowest BCUT2D eigenvalue weighted by Gasteiger charge is -2.43. The number of halogens is 2. The summed E-state index contributed by atoms with van der Waals surface area (Å²) in [5, 5.41) is 9.28. The molecule has 6 heteroatoms. The fourth-order valence-electron chi connectivity index (χ4n) is 3.23. The number of amidine groups is 1. The summed E-state index contributed by atoms with van der Waals surface area (Å²) in [5.74, 6) is -0.638. The Morgan fingerprint density at radius 2 is 2.00 bits per heavy atom. The topological polar surface area (TPSA) is 47.9 Å². The molecule has 0 aromatic heterocycles. The van der Waals surface area contributed by atoms with Crippen LogP contribution in [0.1, 0.15) is 24.0 Å². The number of aryl methyl sites for hydroxylation is 1. The summed E-state index contributed by atoms with van der Waals surface area (Å²) < 4.78 is 27.6. The standard InChI is InChI=1S/C15H19F2N3O/c1-9-6-13(17)11(7-12(9)16)15(19-21)18-14-8-20-4-2-10(14)3-5-20/h6-7,10,14,21H,2-5,8H2,1H3,(H,18,19)/t14-/m0/s1. The molecule has 3 fully saturated rings. The van der Waals surface area contributed by atoms with E-state index in [2.05, 4.69) is 9.89 Å². The van der Waals surface area contributed by atoms with Crippen molar-refractivity contribution < 1.29 is 14.0 Å². The van der Waals surface area contributed by atoms with Gasteiger partial charge in [-0.05, 0) is 56.5 Å². The Kier molecular flexibility index (Phi) is 3.91. The molecular weight excluding hydrogens is 276 g/mol. The van der Waals surface area contributed by atoms with Gasteiger partial charge in [0.1, 0.15) is 11.6 Å². The summed E-state index contributed by atoms with van der Waals surface area (Å²) in [4.78, 5) is 6.76. The van der Waals surface area contributed by atoms with Crippen LogP contribution in [0.5, 0.6) is 0 Å². The van der Waals surface area contributed by atoms with Gasteiger partial charge in [0.2, 0.25) is 0 Å². The summed E-state index contributed by atoms with van der Waals surface area (Å²) in [5.41, 5.74) is 2.14. The van der Waals surface area contributed by atoms with E-state index in [1.165, 1.54) is 6.92 Å². The molecule has 0 radical (unpaired) electrons. The smallest absolute Gasteiger partial charge is 0.155 e. The van der Waals surface area contributed by atoms with Gasteiger partial charge < -0.3 is 4.90 Å². The molecule has 21 heavy (non-hydrogen) atoms. The molecule has 3 aliphatic heterocycles. The van der Waals surface area contributed by atoms with E-state index in [0.717, 1.165) is 44.6 Å². The third-order valence-corrected chi connectivity index (χ3v) is 4.53. The van der Waals surface area contributed by atoms with Crippen molar-refractivity contribution in [2.75, 3.05) is 19.6 Å². The maximum Gasteiger partial charge on any atom is 0.155 e. The van der Waals surface area contributed by atoms with Crippen LogP contribution in [0.15, 0.2) is 17.1 Å². The van der Waals surface area contributed by atoms with Crippen LogP contribution in [-0.2, 0) is 0 Å². The molecule has 1 aromatic rings. The number of aliphatic imine (C=N–C) groups is 1. The lowest BCUT2D eigenvalue weighted by molar-refractivity contribution is 0.0898. The first kappa shape index (κ1) is 14.4. The highest BCUT2D eigenvalue weighted by atomic mass is 19.1. The monoisotopic (exact) mass is 295 g/mol. The number of nitrogens with one attached hydrogen (secondary N) is 1. The lowest BCUT2D eigenvalue weighted by atomic mass is 9.84. The third-order valence-electron chi connectivity index (χ3n) is 4.53. The normalized spacial score (nSPS) is 28.8. The van der Waals surface area contributed by atoms with Crippen molar-refractivity contribution in [3.8, 4) is 0 Å². The number of hydrogen-bond donors (Lipinski definition) is 2. The molecule has 4 rings (SSSR count). The van der Waals surface area contributed by atoms with Gasteiger partial charge in [0.25, 0.3) is 0 Å². The van der Waals surface area contributed by atoms with Crippen molar-refractivity contribution >= 4 is 5.84 Å². The van der Waals surface area contributed by atoms with E-state index in [1.54, 1.807) is 0 Å². The zero-order valence-electron chi connectivity index (χ0n) is 11.9. The van der Waals surface area contributed by atoms with Crippen LogP contribution in [0.3, 0.4) is 0 Å². The van der Waals surface area contributed by atoms with Gasteiger partial charge >= 0.3 is 0 Å². The second-order valence-corrected chi connectivity index (χ2v) is 5.88. The molecule has 1 atom stereocenters. The van der Waals surface area contributed by atoms with E-state index in [9.17, 15) is 14.0 Å². The van der Waals surface area contributed by atoms with E-state index in [4.69, 9.17) is 0 Å². The number of benzene rings is 1. The first-order chi connectivity index (χ1) is 10.1. The van der Waals surface area contributed by atoms with E-state index < -0.39 is 11.6 Å². The van der Waals surface area contributed by atoms with Crippen LogP contribution in [0.2, 0.25) is 0 Å². The third kappa shape index (κ3) is 2.78. The summed E-state index contributed by atoms with van der Waals surface area (Å²) in [6.45, 7) is 4.46. The van der Waals surface area contributed by atoms with E-state index in [1.807, 2.05) is 5.48 Å². The SMILES string of the molecule is Cc1cc(F)c(C(=N[C@H]2CN3CCC2CC3)NO)cc1F. The second-order valence-electron chi connectivity index (χ2n) is 5.88. The fraction of sp³-hybridized carbons (Fsp3) is 0.533. The van der Waals surface area contributed by atoms with Gasteiger partial charge in [-0.1, -0.05) is 0 Å². The van der Waals surface area contributed by atoms with Gasteiger partial charge in [-0.15, -0.1) is 0 Å². The second kappa shape index (κ2) is 5.69. The average Bonchev–Trinajstić information content (AvgIpc) is 2.50. The highest BCUT2D eigenvalue weighted by molar-refractivity contribution is 5.98. The van der Waals surface area contributed by atoms with Crippen LogP contribution < -0.4 is 5.48 Å². The van der Waals surface area contributed by atoms with Crippen LogP contribution in [0.4, 0.5) is 8.78 Å². The van der Waals surface area contributed by atoms with Crippen LogP contribution in [-0.4, -0.2) is 41.6 Å². The molecule has 0 amide bonds. The molecule has 3 heterocycles. The molecule has 1 aromatic carbocycles. The van der Waals surface area contributed by atoms with Gasteiger partial charge in [0, 0.05) is 6.54 Å². The number of rotatable bonds is 2. The molecule has 114 valence electrons. The molecule has 3 aliphatic rings. The van der Waals surface area contributed by atoms with E-state index >= 15 is 0 Å². The first-order valence-electron chi connectivity index (χ1n) is 7.24. The lowest BCUT2D eigenvalue weighted by Crippen LogP contribution is -2.50. The number of fused-ring (bicyclic) bond motifs is 3. The molecule has 3 saturated heterocycles. The fourth-order valence-corrected chi connectivity index (χ4v) is 3.23. The first-order valence-corrected chi connectivity index (χ1v) is 7.24. The van der Waals surface area contributed by atoms with Crippen molar-refractivity contribution in [2.45, 2.75) is 25.8 Å². The Balaban J connectivity index is 1.91. The summed E-state index contributed by atoms with van der Waals surface area (Å²) in [6.07, 6.45) is 2.13. The molecule has 0 aliphatic carbocycles. The number of hydroxylamine groups is 1. The highest BCUT2D eigenvalue weighted by Gasteiger charge is 2.34. The molecule has 2 N–H and O–H groups in total. The summed E-state index contributed by atoms with van der Waals surface area (Å²) >= 11 is 0. The molecular formula is C15H19F2N3O. The van der Waals surface area contributed by atoms with Crippen LogP contribution in [0.25, 0.3) is 0 Å². The number of hydrogen-bond acceptors (Lipinski definition) is 3. The Morgan fingerprint density at radius 3 is 2.57 bits per heavy atom. The Hall–Kier alpha value is -1.53. The average molecular weight is 295 g/mol. The van der Waals surface area contributed by atoms with Crippen molar-refractivity contribution in [2.24, 2.45) is 10.9 Å². The molecule has 0 spiro atoms. The Morgan fingerprint density at radius 1 is 1.29 bits per heavy atom. The predicted molar refractivity (Wildman–Crippen MR) is 75.5 cm³/mol. The van der Waals surface area contributed by atoms with Gasteiger partial charge in [-0.2, -0.15) is 0 Å². The quantitative estimate of drug-likeness (QED) is 0.499. The van der Waals surface area contributed by atoms with E-state index in [0.29, 0.717) is 5.92 Å². The largest absolute Gasteiger partial charge is 0.301 e. The maximum atomic E-state index is 14.0. The maximum absolute atomic E-state index is 14.0. The molecule has 4 nitrogen and oxygen atoms in total. The van der Waals surface area contributed by atoms with Gasteiger partial charge in [0.05, 0.1) is 11.6 Å². The van der Waals surface area contributed by atoms with Crippen LogP contribution >= 0.6 is 0 Å². The minimum atomic E-state index is -0.588. The zero-order chi connectivity index (χ0) is 15.0. The Bertz CT molecular complexity index is 568. The van der Waals surface area contributed by atoms with Crippen molar-refractivity contribution in [3.63, 3.8) is 0 Å². The van der Waals surface area contributed by atoms with Crippen molar-refractivity contribution in [1.29, 1.82) is 0 Å². The van der Waals surface area contributed by atoms with Gasteiger partial charge in [0.15, 0.2) is 5.84 Å². The minimum Gasteiger partial charge on any atom is -0.301 e. The molecule has 2 bridgehead atoms. The van der Waals surface area contributed by atoms with Gasteiger partial charge in [-0.25, -0.2) is 8.78 Å². The summed E-state index contributed by atoms with van der Waals surface area (Å²) in [6, 6.07) is 2.22. The van der Waals surface area contributed by atoms with E-state index in [-0.39, 0.29) is 23.0 Å². The highest BCUT2D eigenvalue weighted by Crippen LogP contribution is 2.30. The van der Waals surface area contributed by atoms with Crippen molar-refractivity contribution in [1.82, 2.24) is 10.4 Å². The summed E-state index contributed by atoms with van der Waals surface area (Å²) in [7, 11) is 0. The molecule has 0 unspecified atom stereocenters. The van der Waals surface area contributed by atoms with Gasteiger partial charge in [-0.3, -0.25) is 15.7 Å². The molecule has 0 saturated carbocycles. The Labute approximate surface area is 122 Å². The predicted octanol–water partition coefficient (Wildman–Crippen LogP) is 2.09. The van der Waals surface area contributed by atoms with Crippen molar-refractivity contribution in [3.05, 3.63) is 34.9 Å². The number of nitrogens with zero attached hydrogens (tertiary/aromatic N) is 2. The van der Waals surface area contributed by atoms with Crippen LogP contribution in [0, 0.1) is 24.5 Å². The zero-order valence-corrected chi connectivity index (χ0v) is 11.9. The minimum absolute atomic E-state index is 0.00477.